The second kappa shape index (κ2) is 9.07. The number of hydrogen-bond donors (Lipinski definition) is 1. The fraction of sp³-hybridized carbons (Fsp3) is 0.444. The summed E-state index contributed by atoms with van der Waals surface area (Å²) in [6, 6.07) is 15.7. The molecule has 1 N–H and O–H groups in total. The van der Waals surface area contributed by atoms with Gasteiger partial charge in [0.25, 0.3) is 0 Å². The molecule has 3 fully saturated rings. The summed E-state index contributed by atoms with van der Waals surface area (Å²) in [6.45, 7) is 0. The third-order valence-corrected chi connectivity index (χ3v) is 11.3. The Balaban J connectivity index is 1.36. The number of nitrogens with zero attached hydrogens (tertiary/aromatic N) is 2. The lowest BCUT2D eigenvalue weighted by Crippen LogP contribution is -2.30. The molecule has 1 saturated heterocycles. The highest BCUT2D eigenvalue weighted by Crippen LogP contribution is 2.43. The first-order valence-electron chi connectivity index (χ1n) is 12.8. The maximum Gasteiger partial charge on any atom is 0.235 e. The summed E-state index contributed by atoms with van der Waals surface area (Å²) < 4.78 is 59.3. The van der Waals surface area contributed by atoms with Crippen LogP contribution in [0.15, 0.2) is 42.5 Å². The molecule has 0 spiro atoms. The van der Waals surface area contributed by atoms with E-state index < -0.39 is 19.9 Å². The van der Waals surface area contributed by atoms with Crippen molar-refractivity contribution in [2.75, 3.05) is 16.2 Å². The number of nitrogens with one attached hydrogen (secondary N) is 1. The van der Waals surface area contributed by atoms with Gasteiger partial charge in [-0.15, -0.1) is 0 Å². The molecule has 10 heteroatoms. The van der Waals surface area contributed by atoms with Gasteiger partial charge in [-0.1, -0.05) is 12.1 Å². The highest BCUT2D eigenvalue weighted by Gasteiger charge is 2.36. The first kappa shape index (κ1) is 24.3. The smallest absolute Gasteiger partial charge is 0.235 e. The summed E-state index contributed by atoms with van der Waals surface area (Å²) >= 11 is 0. The highest BCUT2D eigenvalue weighted by atomic mass is 32.2. The van der Waals surface area contributed by atoms with Crippen LogP contribution in [0, 0.1) is 11.3 Å². The van der Waals surface area contributed by atoms with Crippen LogP contribution in [-0.2, 0) is 19.9 Å². The zero-order chi connectivity index (χ0) is 25.8. The first-order valence-corrected chi connectivity index (χ1v) is 16.2. The Morgan fingerprint density at radius 2 is 1.68 bits per heavy atom. The van der Waals surface area contributed by atoms with E-state index in [9.17, 15) is 22.1 Å². The quantitative estimate of drug-likeness (QED) is 0.462. The second-order valence-electron chi connectivity index (χ2n) is 10.4. The molecule has 3 aliphatic rings. The van der Waals surface area contributed by atoms with Crippen LogP contribution >= 0.6 is 0 Å². The van der Waals surface area contributed by atoms with Crippen LogP contribution in [0.4, 0.5) is 5.69 Å². The van der Waals surface area contributed by atoms with E-state index in [0.29, 0.717) is 42.7 Å². The topological polar surface area (TPSA) is 118 Å². The Labute approximate surface area is 217 Å². The molecule has 6 rings (SSSR count). The maximum atomic E-state index is 12.3. The van der Waals surface area contributed by atoms with Gasteiger partial charge in [0, 0.05) is 23.2 Å². The Bertz CT molecular complexity index is 1600. The lowest BCUT2D eigenvalue weighted by Gasteiger charge is -2.30. The number of benzene rings is 2. The number of rotatable bonds is 7. The number of nitriles is 1. The van der Waals surface area contributed by atoms with Gasteiger partial charge in [-0.25, -0.2) is 16.8 Å². The molecule has 8 nitrogen and oxygen atoms in total. The van der Waals surface area contributed by atoms with E-state index in [2.05, 4.69) is 15.4 Å². The molecular weight excluding hydrogens is 510 g/mol. The fourth-order valence-electron chi connectivity index (χ4n) is 5.29. The standard InChI is InChI=1S/C27H29N3O5S2/c28-17-25-24-11-8-22(35-21-12-14-36(31,32)15-13-21)16-26(24)30(20-2-1-3-20)27(25)18-4-6-19(7-5-18)29-37(33,34)23-9-10-23/h4-8,11,16,20-21,23,29H,1-3,9-10,12-15H2. The molecular formula is C27H29N3O5S2. The summed E-state index contributed by atoms with van der Waals surface area (Å²) in [5.41, 5.74) is 3.72. The van der Waals surface area contributed by atoms with Gasteiger partial charge in [0.05, 0.1) is 33.5 Å². The van der Waals surface area contributed by atoms with Gasteiger partial charge in [0.2, 0.25) is 10.0 Å². The zero-order valence-electron chi connectivity index (χ0n) is 20.4. The molecule has 0 atom stereocenters. The summed E-state index contributed by atoms with van der Waals surface area (Å²) in [5, 5.41) is 10.7. The monoisotopic (exact) mass is 539 g/mol. The fourth-order valence-corrected chi connectivity index (χ4v) is 8.12. The van der Waals surface area contributed by atoms with E-state index in [1.807, 2.05) is 30.3 Å². The lowest BCUT2D eigenvalue weighted by molar-refractivity contribution is 0.190. The third-order valence-electron chi connectivity index (χ3n) is 7.71. The number of anilines is 1. The Hall–Kier alpha value is -3.03. The van der Waals surface area contributed by atoms with Gasteiger partial charge in [-0.2, -0.15) is 5.26 Å². The van der Waals surface area contributed by atoms with Gasteiger partial charge in [0.15, 0.2) is 9.84 Å². The molecule has 0 bridgehead atoms. The normalized spacial score (nSPS) is 20.3. The minimum atomic E-state index is -3.35. The largest absolute Gasteiger partial charge is 0.490 e. The Kier molecular flexibility index (Phi) is 5.96. The van der Waals surface area contributed by atoms with Crippen molar-refractivity contribution in [3.05, 3.63) is 48.0 Å². The number of hydrogen-bond acceptors (Lipinski definition) is 6. The minimum absolute atomic E-state index is 0.144. The summed E-state index contributed by atoms with van der Waals surface area (Å²) in [4.78, 5) is 0. The molecule has 3 aromatic rings. The van der Waals surface area contributed by atoms with Crippen molar-refractivity contribution in [2.24, 2.45) is 0 Å². The van der Waals surface area contributed by atoms with E-state index in [-0.39, 0.29) is 28.9 Å². The Morgan fingerprint density at radius 3 is 2.27 bits per heavy atom. The van der Waals surface area contributed by atoms with Crippen LogP contribution in [0.5, 0.6) is 5.75 Å². The van der Waals surface area contributed by atoms with Gasteiger partial charge < -0.3 is 9.30 Å². The molecule has 1 aromatic heterocycles. The molecule has 2 heterocycles. The summed E-state index contributed by atoms with van der Waals surface area (Å²) in [7, 11) is -6.31. The van der Waals surface area contributed by atoms with Crippen LogP contribution < -0.4 is 9.46 Å². The third kappa shape index (κ3) is 4.71. The van der Waals surface area contributed by atoms with Crippen molar-refractivity contribution in [1.82, 2.24) is 4.57 Å². The Morgan fingerprint density at radius 1 is 0.973 bits per heavy atom. The van der Waals surface area contributed by atoms with Gasteiger partial charge in [-0.05, 0) is 74.8 Å². The van der Waals surface area contributed by atoms with Crippen molar-refractivity contribution < 1.29 is 21.6 Å². The van der Waals surface area contributed by atoms with Crippen molar-refractivity contribution in [1.29, 1.82) is 5.26 Å². The van der Waals surface area contributed by atoms with E-state index in [1.165, 1.54) is 0 Å². The molecule has 2 aromatic carbocycles. The van der Waals surface area contributed by atoms with Crippen LogP contribution in [0.2, 0.25) is 0 Å². The van der Waals surface area contributed by atoms with Crippen molar-refractivity contribution in [2.45, 2.75) is 62.3 Å². The van der Waals surface area contributed by atoms with Crippen molar-refractivity contribution >= 4 is 36.5 Å². The van der Waals surface area contributed by atoms with Gasteiger partial charge in [-0.3, -0.25) is 4.72 Å². The lowest BCUT2D eigenvalue weighted by atomic mass is 9.92. The predicted octanol–water partition coefficient (Wildman–Crippen LogP) is 4.77. The first-order chi connectivity index (χ1) is 17.7. The average molecular weight is 540 g/mol. The molecule has 2 aliphatic carbocycles. The van der Waals surface area contributed by atoms with Crippen LogP contribution in [0.3, 0.4) is 0 Å². The maximum absolute atomic E-state index is 12.3. The molecule has 2 saturated carbocycles. The van der Waals surface area contributed by atoms with Gasteiger partial charge >= 0.3 is 0 Å². The number of ether oxygens (including phenoxy) is 1. The zero-order valence-corrected chi connectivity index (χ0v) is 22.0. The van der Waals surface area contributed by atoms with E-state index in [1.54, 1.807) is 12.1 Å². The van der Waals surface area contributed by atoms with Crippen LogP contribution in [0.25, 0.3) is 22.2 Å². The van der Waals surface area contributed by atoms with Crippen molar-refractivity contribution in [3.8, 4) is 23.1 Å². The molecule has 0 unspecified atom stereocenters. The summed E-state index contributed by atoms with van der Waals surface area (Å²) in [6.07, 6.45) is 5.39. The average Bonchev–Trinajstić information content (AvgIpc) is 3.65. The van der Waals surface area contributed by atoms with E-state index in [4.69, 9.17) is 4.74 Å². The second-order valence-corrected chi connectivity index (χ2v) is 14.6. The molecule has 0 amide bonds. The van der Waals surface area contributed by atoms with Crippen LogP contribution in [0.1, 0.15) is 56.6 Å². The van der Waals surface area contributed by atoms with E-state index >= 15 is 0 Å². The number of sulfonamides is 1. The number of fused-ring (bicyclic) bond motifs is 1. The van der Waals surface area contributed by atoms with E-state index in [0.717, 1.165) is 41.4 Å². The van der Waals surface area contributed by atoms with Crippen molar-refractivity contribution in [3.63, 3.8) is 0 Å². The number of aromatic nitrogens is 1. The molecule has 194 valence electrons. The molecule has 0 radical (unpaired) electrons. The summed E-state index contributed by atoms with van der Waals surface area (Å²) in [5.74, 6) is 0.970. The minimum Gasteiger partial charge on any atom is -0.490 e. The highest BCUT2D eigenvalue weighted by molar-refractivity contribution is 7.93. The molecule has 1 aliphatic heterocycles. The number of sulfone groups is 1. The van der Waals surface area contributed by atoms with Gasteiger partial charge in [0.1, 0.15) is 17.9 Å². The van der Waals surface area contributed by atoms with Crippen LogP contribution in [-0.4, -0.2) is 44.3 Å². The predicted molar refractivity (Wildman–Crippen MR) is 143 cm³/mol. The SMILES string of the molecule is N#Cc1c(-c2ccc(NS(=O)(=O)C3CC3)cc2)n(C2CCC2)c2cc(OC3CCS(=O)(=O)CC3)ccc12. The molecule has 37 heavy (non-hydrogen) atoms.